The first-order valence-corrected chi connectivity index (χ1v) is 8.15. The number of carbonyl (C=O) groups is 1. The molecule has 1 fully saturated rings. The molecule has 0 saturated carbocycles. The summed E-state index contributed by atoms with van der Waals surface area (Å²) in [6, 6.07) is 0.106. The highest BCUT2D eigenvalue weighted by atomic mass is 32.1. The Morgan fingerprint density at radius 3 is 3.05 bits per heavy atom. The summed E-state index contributed by atoms with van der Waals surface area (Å²) < 4.78 is 5.63. The van der Waals surface area contributed by atoms with Crippen molar-refractivity contribution in [1.82, 2.24) is 5.32 Å². The van der Waals surface area contributed by atoms with Crippen molar-refractivity contribution < 1.29 is 9.53 Å². The van der Waals surface area contributed by atoms with E-state index in [-0.39, 0.29) is 18.1 Å². The summed E-state index contributed by atoms with van der Waals surface area (Å²) in [6.45, 7) is 2.88. The van der Waals surface area contributed by atoms with Gasteiger partial charge in [-0.3, -0.25) is 4.79 Å². The number of nitrogens with one attached hydrogen (secondary N) is 1. The summed E-state index contributed by atoms with van der Waals surface area (Å²) in [6.07, 6.45) is 7.05. The van der Waals surface area contributed by atoms with Crippen molar-refractivity contribution >= 4 is 17.2 Å². The molecule has 104 valence electrons. The quantitative estimate of drug-likeness (QED) is 0.924. The molecule has 2 atom stereocenters. The zero-order chi connectivity index (χ0) is 13.2. The first kappa shape index (κ1) is 13.1. The highest BCUT2D eigenvalue weighted by Crippen LogP contribution is 2.30. The smallest absolute Gasteiger partial charge is 0.252 e. The maximum atomic E-state index is 12.4. The Hall–Kier alpha value is -0.870. The molecule has 0 spiro atoms. The number of aryl methyl sites for hydroxylation is 1. The van der Waals surface area contributed by atoms with Gasteiger partial charge in [-0.25, -0.2) is 0 Å². The SMILES string of the molecule is C[C@H](NC(=O)c1csc2c1CCCC2)[C@H]1CCCO1. The van der Waals surface area contributed by atoms with Gasteiger partial charge in [0.15, 0.2) is 0 Å². The van der Waals surface area contributed by atoms with E-state index in [2.05, 4.69) is 5.32 Å². The lowest BCUT2D eigenvalue weighted by molar-refractivity contribution is 0.0712. The van der Waals surface area contributed by atoms with E-state index < -0.39 is 0 Å². The van der Waals surface area contributed by atoms with Gasteiger partial charge in [-0.2, -0.15) is 0 Å². The van der Waals surface area contributed by atoms with Gasteiger partial charge in [0.25, 0.3) is 5.91 Å². The van der Waals surface area contributed by atoms with E-state index in [0.29, 0.717) is 0 Å². The average molecular weight is 279 g/mol. The largest absolute Gasteiger partial charge is 0.376 e. The van der Waals surface area contributed by atoms with E-state index in [1.54, 1.807) is 11.3 Å². The number of ether oxygens (including phenoxy) is 1. The minimum atomic E-state index is 0.0856. The molecule has 0 aromatic carbocycles. The van der Waals surface area contributed by atoms with E-state index >= 15 is 0 Å². The fraction of sp³-hybridized carbons (Fsp3) is 0.667. The molecule has 1 aromatic heterocycles. The summed E-state index contributed by atoms with van der Waals surface area (Å²) >= 11 is 1.75. The predicted octanol–water partition coefficient (Wildman–Crippen LogP) is 2.92. The molecule has 1 aliphatic heterocycles. The fourth-order valence-electron chi connectivity index (χ4n) is 3.06. The molecule has 1 saturated heterocycles. The Balaban J connectivity index is 1.68. The van der Waals surface area contributed by atoms with Gasteiger partial charge in [0.05, 0.1) is 17.7 Å². The summed E-state index contributed by atoms with van der Waals surface area (Å²) in [4.78, 5) is 13.8. The van der Waals surface area contributed by atoms with Crippen LogP contribution in [-0.4, -0.2) is 24.7 Å². The summed E-state index contributed by atoms with van der Waals surface area (Å²) in [7, 11) is 0. The normalized spacial score (nSPS) is 23.9. The van der Waals surface area contributed by atoms with Crippen LogP contribution in [0.25, 0.3) is 0 Å². The zero-order valence-corrected chi connectivity index (χ0v) is 12.2. The molecule has 1 amide bonds. The van der Waals surface area contributed by atoms with Crippen molar-refractivity contribution in [3.63, 3.8) is 0 Å². The standard InChI is InChI=1S/C15H21NO2S/c1-10(13-6-4-8-18-13)16-15(17)12-9-19-14-7-3-2-5-11(12)14/h9-10,13H,2-8H2,1H3,(H,16,17)/t10-,13+/m0/s1. The number of carbonyl (C=O) groups excluding carboxylic acids is 1. The minimum absolute atomic E-state index is 0.0856. The molecule has 4 heteroatoms. The second-order valence-corrected chi connectivity index (χ2v) is 6.54. The second-order valence-electron chi connectivity index (χ2n) is 5.57. The molecule has 0 radical (unpaired) electrons. The van der Waals surface area contributed by atoms with E-state index in [0.717, 1.165) is 37.9 Å². The highest BCUT2D eigenvalue weighted by Gasteiger charge is 2.26. The van der Waals surface area contributed by atoms with Crippen LogP contribution in [0, 0.1) is 0 Å². The van der Waals surface area contributed by atoms with Crippen LogP contribution in [0.5, 0.6) is 0 Å². The van der Waals surface area contributed by atoms with Crippen molar-refractivity contribution in [2.75, 3.05) is 6.61 Å². The molecule has 3 rings (SSSR count). The number of hydrogen-bond donors (Lipinski definition) is 1. The maximum absolute atomic E-state index is 12.4. The van der Waals surface area contributed by atoms with Crippen molar-refractivity contribution in [1.29, 1.82) is 0 Å². The van der Waals surface area contributed by atoms with Crippen LogP contribution in [-0.2, 0) is 17.6 Å². The molecule has 19 heavy (non-hydrogen) atoms. The van der Waals surface area contributed by atoms with E-state index in [4.69, 9.17) is 4.74 Å². The van der Waals surface area contributed by atoms with Gasteiger partial charge in [0.2, 0.25) is 0 Å². The van der Waals surface area contributed by atoms with Crippen LogP contribution in [0.4, 0.5) is 0 Å². The van der Waals surface area contributed by atoms with Crippen LogP contribution < -0.4 is 5.32 Å². The van der Waals surface area contributed by atoms with Crippen LogP contribution in [0.15, 0.2) is 5.38 Å². The Kier molecular flexibility index (Phi) is 3.89. The number of fused-ring (bicyclic) bond motifs is 1. The van der Waals surface area contributed by atoms with Crippen molar-refractivity contribution in [3.05, 3.63) is 21.4 Å². The van der Waals surface area contributed by atoms with E-state index in [1.807, 2.05) is 12.3 Å². The molecule has 0 bridgehead atoms. The predicted molar refractivity (Wildman–Crippen MR) is 76.9 cm³/mol. The minimum Gasteiger partial charge on any atom is -0.376 e. The number of thiophene rings is 1. The van der Waals surface area contributed by atoms with E-state index in [1.165, 1.54) is 23.3 Å². The molecule has 1 aromatic rings. The molecular weight excluding hydrogens is 258 g/mol. The van der Waals surface area contributed by atoms with Gasteiger partial charge in [0, 0.05) is 16.9 Å². The Morgan fingerprint density at radius 1 is 1.42 bits per heavy atom. The maximum Gasteiger partial charge on any atom is 0.252 e. The van der Waals surface area contributed by atoms with Gasteiger partial charge < -0.3 is 10.1 Å². The topological polar surface area (TPSA) is 38.3 Å². The van der Waals surface area contributed by atoms with Crippen molar-refractivity contribution in [2.45, 2.75) is 57.6 Å². The molecule has 1 N–H and O–H groups in total. The van der Waals surface area contributed by atoms with Crippen LogP contribution >= 0.6 is 11.3 Å². The zero-order valence-electron chi connectivity index (χ0n) is 11.4. The van der Waals surface area contributed by atoms with Crippen LogP contribution in [0.1, 0.15) is 53.4 Å². The summed E-state index contributed by atoms with van der Waals surface area (Å²) in [5, 5.41) is 5.15. The number of amides is 1. The Morgan fingerprint density at radius 2 is 2.26 bits per heavy atom. The molecule has 2 aliphatic rings. The molecular formula is C15H21NO2S. The number of rotatable bonds is 3. The van der Waals surface area contributed by atoms with Gasteiger partial charge in [-0.05, 0) is 51.0 Å². The van der Waals surface area contributed by atoms with Crippen LogP contribution in [0.2, 0.25) is 0 Å². The van der Waals surface area contributed by atoms with Gasteiger partial charge >= 0.3 is 0 Å². The third kappa shape index (κ3) is 2.70. The molecule has 1 aliphatic carbocycles. The first-order valence-electron chi connectivity index (χ1n) is 7.27. The van der Waals surface area contributed by atoms with Gasteiger partial charge in [0.1, 0.15) is 0 Å². The second kappa shape index (κ2) is 5.63. The Labute approximate surface area is 118 Å². The average Bonchev–Trinajstić information content (AvgIpc) is 3.08. The molecule has 3 nitrogen and oxygen atoms in total. The van der Waals surface area contributed by atoms with Crippen LogP contribution in [0.3, 0.4) is 0 Å². The van der Waals surface area contributed by atoms with E-state index in [9.17, 15) is 4.79 Å². The Bertz CT molecular complexity index is 463. The summed E-state index contributed by atoms with van der Waals surface area (Å²) in [5.41, 5.74) is 2.21. The monoisotopic (exact) mass is 279 g/mol. The summed E-state index contributed by atoms with van der Waals surface area (Å²) in [5.74, 6) is 0.0856. The van der Waals surface area contributed by atoms with Gasteiger partial charge in [-0.15, -0.1) is 11.3 Å². The van der Waals surface area contributed by atoms with Crippen molar-refractivity contribution in [2.24, 2.45) is 0 Å². The first-order chi connectivity index (χ1) is 9.25. The molecule has 2 heterocycles. The van der Waals surface area contributed by atoms with Gasteiger partial charge in [-0.1, -0.05) is 0 Å². The lowest BCUT2D eigenvalue weighted by Gasteiger charge is -2.20. The lowest BCUT2D eigenvalue weighted by atomic mass is 9.95. The van der Waals surface area contributed by atoms with Crippen molar-refractivity contribution in [3.8, 4) is 0 Å². The third-order valence-corrected chi connectivity index (χ3v) is 5.28. The number of hydrogen-bond acceptors (Lipinski definition) is 3. The highest BCUT2D eigenvalue weighted by molar-refractivity contribution is 7.10. The molecule has 0 unspecified atom stereocenters. The lowest BCUT2D eigenvalue weighted by Crippen LogP contribution is -2.41. The third-order valence-electron chi connectivity index (χ3n) is 4.19. The fourth-order valence-corrected chi connectivity index (χ4v) is 4.18.